The first kappa shape index (κ1) is 18.2. The molecule has 0 spiro atoms. The first-order chi connectivity index (χ1) is 10.9. The van der Waals surface area contributed by atoms with E-state index >= 15 is 0 Å². The number of nitrogens with zero attached hydrogens (tertiary/aromatic N) is 1. The van der Waals surface area contributed by atoms with Crippen molar-refractivity contribution in [1.29, 1.82) is 0 Å². The lowest BCUT2D eigenvalue weighted by atomic mass is 9.77. The molecule has 0 saturated carbocycles. The Hall–Kier alpha value is -1.10. The molecule has 2 rings (SSSR count). The molecule has 2 N–H and O–H groups in total. The SMILES string of the molecule is CC(C)(C)C1CCCN(CC(=O)NC2CCCCNC2=O)CC1. The van der Waals surface area contributed by atoms with E-state index in [9.17, 15) is 9.59 Å². The molecule has 0 radical (unpaired) electrons. The van der Waals surface area contributed by atoms with Crippen LogP contribution in [0.4, 0.5) is 0 Å². The minimum atomic E-state index is -0.348. The zero-order valence-electron chi connectivity index (χ0n) is 15.0. The van der Waals surface area contributed by atoms with Gasteiger partial charge in [0.05, 0.1) is 6.54 Å². The molecule has 0 bridgehead atoms. The molecular weight excluding hydrogens is 290 g/mol. The Morgan fingerprint density at radius 1 is 1.17 bits per heavy atom. The molecule has 2 fully saturated rings. The van der Waals surface area contributed by atoms with Crippen LogP contribution in [0.15, 0.2) is 0 Å². The van der Waals surface area contributed by atoms with Gasteiger partial charge < -0.3 is 10.6 Å². The van der Waals surface area contributed by atoms with Crippen molar-refractivity contribution in [1.82, 2.24) is 15.5 Å². The quantitative estimate of drug-likeness (QED) is 0.834. The molecule has 2 heterocycles. The Bertz CT molecular complexity index is 417. The van der Waals surface area contributed by atoms with Gasteiger partial charge in [0.15, 0.2) is 0 Å². The first-order valence-electron chi connectivity index (χ1n) is 9.15. The zero-order chi connectivity index (χ0) is 16.9. The summed E-state index contributed by atoms with van der Waals surface area (Å²) >= 11 is 0. The van der Waals surface area contributed by atoms with Crippen LogP contribution < -0.4 is 10.6 Å². The van der Waals surface area contributed by atoms with Gasteiger partial charge in [-0.15, -0.1) is 0 Å². The molecule has 0 aromatic carbocycles. The van der Waals surface area contributed by atoms with Gasteiger partial charge in [0.1, 0.15) is 6.04 Å². The second-order valence-electron chi connectivity index (χ2n) is 8.18. The minimum absolute atomic E-state index is 0.0127. The van der Waals surface area contributed by atoms with Crippen LogP contribution in [-0.2, 0) is 9.59 Å². The van der Waals surface area contributed by atoms with E-state index in [1.165, 1.54) is 6.42 Å². The molecule has 5 heteroatoms. The van der Waals surface area contributed by atoms with E-state index in [1.54, 1.807) is 0 Å². The zero-order valence-corrected chi connectivity index (χ0v) is 15.0. The topological polar surface area (TPSA) is 61.4 Å². The number of amides is 2. The summed E-state index contributed by atoms with van der Waals surface area (Å²) in [5.41, 5.74) is 0.344. The molecule has 0 aromatic rings. The average Bonchev–Trinajstić information content (AvgIpc) is 2.80. The van der Waals surface area contributed by atoms with Crippen LogP contribution in [0.1, 0.15) is 59.3 Å². The van der Waals surface area contributed by atoms with Crippen LogP contribution in [0.25, 0.3) is 0 Å². The summed E-state index contributed by atoms with van der Waals surface area (Å²) in [6.45, 7) is 10.0. The van der Waals surface area contributed by atoms with Crippen molar-refractivity contribution in [3.8, 4) is 0 Å². The number of carbonyl (C=O) groups is 2. The highest BCUT2D eigenvalue weighted by Gasteiger charge is 2.28. The second-order valence-corrected chi connectivity index (χ2v) is 8.18. The molecule has 0 aromatic heterocycles. The van der Waals surface area contributed by atoms with E-state index in [1.807, 2.05) is 0 Å². The Morgan fingerprint density at radius 2 is 1.96 bits per heavy atom. The molecule has 132 valence electrons. The first-order valence-corrected chi connectivity index (χ1v) is 9.15. The van der Waals surface area contributed by atoms with Crippen molar-refractivity contribution in [2.75, 3.05) is 26.2 Å². The molecule has 0 aliphatic carbocycles. The largest absolute Gasteiger partial charge is 0.354 e. The third-order valence-corrected chi connectivity index (χ3v) is 5.28. The van der Waals surface area contributed by atoms with Crippen LogP contribution in [0.3, 0.4) is 0 Å². The van der Waals surface area contributed by atoms with Crippen LogP contribution in [0.2, 0.25) is 0 Å². The van der Waals surface area contributed by atoms with Crippen molar-refractivity contribution in [2.24, 2.45) is 11.3 Å². The fourth-order valence-corrected chi connectivity index (χ4v) is 3.70. The highest BCUT2D eigenvalue weighted by molar-refractivity contribution is 5.88. The number of nitrogens with one attached hydrogen (secondary N) is 2. The second kappa shape index (κ2) is 8.13. The van der Waals surface area contributed by atoms with Gasteiger partial charge in [-0.05, 0) is 62.9 Å². The third kappa shape index (κ3) is 5.79. The Balaban J connectivity index is 1.79. The van der Waals surface area contributed by atoms with Gasteiger partial charge in [-0.3, -0.25) is 14.5 Å². The van der Waals surface area contributed by atoms with Crippen molar-refractivity contribution < 1.29 is 9.59 Å². The summed E-state index contributed by atoms with van der Waals surface area (Å²) < 4.78 is 0. The van der Waals surface area contributed by atoms with Crippen LogP contribution in [0.5, 0.6) is 0 Å². The molecular formula is C18H33N3O2. The molecule has 2 saturated heterocycles. The molecule has 23 heavy (non-hydrogen) atoms. The maximum absolute atomic E-state index is 12.3. The van der Waals surface area contributed by atoms with E-state index in [4.69, 9.17) is 0 Å². The fourth-order valence-electron chi connectivity index (χ4n) is 3.70. The Labute approximate surface area is 140 Å². The van der Waals surface area contributed by atoms with Crippen LogP contribution in [0, 0.1) is 11.3 Å². The summed E-state index contributed by atoms with van der Waals surface area (Å²) in [6.07, 6.45) is 6.29. The lowest BCUT2D eigenvalue weighted by Gasteiger charge is -2.29. The van der Waals surface area contributed by atoms with Gasteiger partial charge in [0.2, 0.25) is 11.8 Å². The molecule has 2 unspecified atom stereocenters. The van der Waals surface area contributed by atoms with Crippen molar-refractivity contribution >= 4 is 11.8 Å². The van der Waals surface area contributed by atoms with Crippen LogP contribution in [-0.4, -0.2) is 48.9 Å². The number of hydrogen-bond acceptors (Lipinski definition) is 3. The van der Waals surface area contributed by atoms with Crippen molar-refractivity contribution in [2.45, 2.75) is 65.3 Å². The smallest absolute Gasteiger partial charge is 0.242 e. The van der Waals surface area contributed by atoms with E-state index in [-0.39, 0.29) is 17.9 Å². The van der Waals surface area contributed by atoms with E-state index < -0.39 is 0 Å². The number of carbonyl (C=O) groups excluding carboxylic acids is 2. The summed E-state index contributed by atoms with van der Waals surface area (Å²) in [5, 5.41) is 5.79. The highest BCUT2D eigenvalue weighted by Crippen LogP contribution is 2.34. The van der Waals surface area contributed by atoms with E-state index in [2.05, 4.69) is 36.3 Å². The van der Waals surface area contributed by atoms with Gasteiger partial charge in [0, 0.05) is 6.54 Å². The molecule has 2 aliphatic heterocycles. The van der Waals surface area contributed by atoms with Crippen LogP contribution >= 0.6 is 0 Å². The van der Waals surface area contributed by atoms with Gasteiger partial charge in [-0.25, -0.2) is 0 Å². The number of likely N-dealkylation sites (tertiary alicyclic amines) is 1. The van der Waals surface area contributed by atoms with Gasteiger partial charge >= 0.3 is 0 Å². The fraction of sp³-hybridized carbons (Fsp3) is 0.889. The van der Waals surface area contributed by atoms with Crippen molar-refractivity contribution in [3.63, 3.8) is 0 Å². The summed E-state index contributed by atoms with van der Waals surface area (Å²) in [7, 11) is 0. The average molecular weight is 323 g/mol. The normalized spacial score (nSPS) is 27.7. The predicted molar refractivity (Wildman–Crippen MR) is 92.0 cm³/mol. The minimum Gasteiger partial charge on any atom is -0.354 e. The number of rotatable bonds is 3. The maximum Gasteiger partial charge on any atom is 0.242 e. The molecule has 2 aliphatic rings. The van der Waals surface area contributed by atoms with E-state index in [0.29, 0.717) is 12.0 Å². The van der Waals surface area contributed by atoms with Gasteiger partial charge in [0.25, 0.3) is 0 Å². The highest BCUT2D eigenvalue weighted by atomic mass is 16.2. The Kier molecular flexibility index (Phi) is 6.45. The van der Waals surface area contributed by atoms with Crippen molar-refractivity contribution in [3.05, 3.63) is 0 Å². The van der Waals surface area contributed by atoms with Gasteiger partial charge in [-0.2, -0.15) is 0 Å². The molecule has 2 amide bonds. The molecule has 5 nitrogen and oxygen atoms in total. The lowest BCUT2D eigenvalue weighted by Crippen LogP contribution is -2.48. The lowest BCUT2D eigenvalue weighted by molar-refractivity contribution is -0.129. The van der Waals surface area contributed by atoms with E-state index in [0.717, 1.165) is 57.7 Å². The summed E-state index contributed by atoms with van der Waals surface area (Å²) in [4.78, 5) is 26.5. The Morgan fingerprint density at radius 3 is 2.70 bits per heavy atom. The third-order valence-electron chi connectivity index (χ3n) is 5.28. The monoisotopic (exact) mass is 323 g/mol. The standard InChI is InChI=1S/C18H33N3O2/c1-18(2,3)14-7-6-11-21(12-9-14)13-16(22)20-15-8-4-5-10-19-17(15)23/h14-15H,4-13H2,1-3H3,(H,19,23)(H,20,22). The number of hydrogen-bond donors (Lipinski definition) is 2. The predicted octanol–water partition coefficient (Wildman–Crippen LogP) is 1.92. The molecule has 2 atom stereocenters. The maximum atomic E-state index is 12.3. The summed E-state index contributed by atoms with van der Waals surface area (Å²) in [5.74, 6) is 0.684. The van der Waals surface area contributed by atoms with Gasteiger partial charge in [-0.1, -0.05) is 20.8 Å². The summed E-state index contributed by atoms with van der Waals surface area (Å²) in [6, 6.07) is -0.348.